The molecule has 2 atom stereocenters. The molecule has 1 aliphatic carbocycles. The van der Waals surface area contributed by atoms with Gasteiger partial charge in [0.05, 0.1) is 12.1 Å². The summed E-state index contributed by atoms with van der Waals surface area (Å²) >= 11 is 0. The number of aromatic nitrogens is 4. The van der Waals surface area contributed by atoms with Crippen LogP contribution in [0.25, 0.3) is 28.1 Å². The van der Waals surface area contributed by atoms with Gasteiger partial charge in [-0.3, -0.25) is 9.30 Å². The highest BCUT2D eigenvalue weighted by Crippen LogP contribution is 2.49. The molecule has 204 valence electrons. The van der Waals surface area contributed by atoms with E-state index in [0.717, 1.165) is 0 Å². The number of fused-ring (bicyclic) bond motifs is 2. The summed E-state index contributed by atoms with van der Waals surface area (Å²) in [6.07, 6.45) is -1.18. The zero-order valence-electron chi connectivity index (χ0n) is 20.0. The predicted molar refractivity (Wildman–Crippen MR) is 139 cm³/mol. The van der Waals surface area contributed by atoms with Gasteiger partial charge in [-0.15, -0.1) is 35.0 Å². The molecular formula is C25H26Cl2F4N6O. The number of hydrogen-bond acceptors (Lipinski definition) is 6. The molecule has 3 N–H and O–H groups in total. The monoisotopic (exact) mass is 572 g/mol. The van der Waals surface area contributed by atoms with Gasteiger partial charge in [-0.05, 0) is 54.7 Å². The van der Waals surface area contributed by atoms with Gasteiger partial charge in [-0.1, -0.05) is 12.1 Å². The van der Waals surface area contributed by atoms with Crippen molar-refractivity contribution >= 4 is 41.4 Å². The van der Waals surface area contributed by atoms with Gasteiger partial charge in [0.25, 0.3) is 0 Å². The van der Waals surface area contributed by atoms with Crippen LogP contribution in [0.2, 0.25) is 0 Å². The molecule has 2 fully saturated rings. The number of likely N-dealkylation sites (tertiary alicyclic amines) is 1. The molecule has 13 heteroatoms. The van der Waals surface area contributed by atoms with Crippen molar-refractivity contribution in [2.24, 2.45) is 5.73 Å². The van der Waals surface area contributed by atoms with Gasteiger partial charge in [-0.2, -0.15) is 13.2 Å². The lowest BCUT2D eigenvalue weighted by molar-refractivity contribution is -0.183. The van der Waals surface area contributed by atoms with Crippen LogP contribution in [0.4, 0.5) is 17.6 Å². The second kappa shape index (κ2) is 10.2. The number of nitrogens with two attached hydrogens (primary N) is 1. The average molecular weight is 573 g/mol. The normalized spacial score (nSPS) is 19.8. The van der Waals surface area contributed by atoms with E-state index in [2.05, 4.69) is 15.2 Å². The Balaban J connectivity index is 0.00000168. The topological polar surface area (TPSA) is 92.6 Å². The summed E-state index contributed by atoms with van der Waals surface area (Å²) in [5, 5.41) is 18.6. The molecule has 38 heavy (non-hydrogen) atoms. The fraction of sp³-hybridized carbons (Fsp3) is 0.400. The number of alkyl halides is 3. The first-order valence-corrected chi connectivity index (χ1v) is 11.8. The number of aliphatic hydroxyl groups is 1. The van der Waals surface area contributed by atoms with Crippen LogP contribution in [-0.2, 0) is 5.41 Å². The Bertz CT molecular complexity index is 1480. The number of aliphatic hydroxyl groups excluding tert-OH is 1. The van der Waals surface area contributed by atoms with E-state index in [0.29, 0.717) is 47.1 Å². The Hall–Kier alpha value is -2.57. The molecule has 0 unspecified atom stereocenters. The van der Waals surface area contributed by atoms with Crippen molar-refractivity contribution in [1.29, 1.82) is 0 Å². The highest BCUT2D eigenvalue weighted by molar-refractivity contribution is 5.85. The molecule has 1 aromatic carbocycles. The van der Waals surface area contributed by atoms with Gasteiger partial charge < -0.3 is 10.8 Å². The largest absolute Gasteiger partial charge is 0.408 e. The van der Waals surface area contributed by atoms with Gasteiger partial charge in [0, 0.05) is 36.1 Å². The number of benzene rings is 1. The Morgan fingerprint density at radius 3 is 2.50 bits per heavy atom. The summed E-state index contributed by atoms with van der Waals surface area (Å²) in [6, 6.07) is 7.21. The third-order valence-electron chi connectivity index (χ3n) is 7.41. The lowest BCUT2D eigenvalue weighted by Gasteiger charge is -2.30. The van der Waals surface area contributed by atoms with E-state index in [-0.39, 0.29) is 67.8 Å². The molecule has 4 heterocycles. The van der Waals surface area contributed by atoms with Crippen molar-refractivity contribution in [2.45, 2.75) is 42.9 Å². The second-order valence-electron chi connectivity index (χ2n) is 9.86. The van der Waals surface area contributed by atoms with Crippen molar-refractivity contribution in [3.05, 3.63) is 59.5 Å². The predicted octanol–water partition coefficient (Wildman–Crippen LogP) is 4.59. The van der Waals surface area contributed by atoms with Crippen LogP contribution in [0.1, 0.15) is 36.4 Å². The number of hydrogen-bond donors (Lipinski definition) is 2. The standard InChI is InChI=1S/C25H24F4N6O.2ClH/c26-18-9-14-1-3-19(31-20(14)10-17(18)24(13-36)6-7-24)23-33-32-21-4-2-15(11-35(21)23)22(25(27,28)29)34-8-5-16(30)12-34;;/h1-4,9-11,16,22,36H,5-8,12-13,30H2;2*1H/t16-,22+;;/m0../s1. The summed E-state index contributed by atoms with van der Waals surface area (Å²) in [4.78, 5) is 5.99. The quantitative estimate of drug-likeness (QED) is 0.340. The molecule has 2 aliphatic rings. The molecule has 0 spiro atoms. The molecule has 6 rings (SSSR count). The molecule has 4 aromatic rings. The molecule has 0 radical (unpaired) electrons. The van der Waals surface area contributed by atoms with Crippen LogP contribution >= 0.6 is 24.8 Å². The zero-order chi connectivity index (χ0) is 25.2. The highest BCUT2D eigenvalue weighted by atomic mass is 35.5. The van der Waals surface area contributed by atoms with Crippen molar-refractivity contribution < 1.29 is 22.7 Å². The first kappa shape index (κ1) is 28.4. The van der Waals surface area contributed by atoms with Crippen molar-refractivity contribution in [1.82, 2.24) is 24.5 Å². The minimum absolute atomic E-state index is 0. The lowest BCUT2D eigenvalue weighted by Crippen LogP contribution is -2.38. The Morgan fingerprint density at radius 1 is 1.11 bits per heavy atom. The maximum Gasteiger partial charge on any atom is 0.408 e. The van der Waals surface area contributed by atoms with Crippen LogP contribution in [0.15, 0.2) is 42.6 Å². The van der Waals surface area contributed by atoms with Crippen molar-refractivity contribution in [3.8, 4) is 11.5 Å². The highest BCUT2D eigenvalue weighted by Gasteiger charge is 2.47. The van der Waals surface area contributed by atoms with Gasteiger partial charge in [0.2, 0.25) is 0 Å². The molecule has 1 aliphatic heterocycles. The summed E-state index contributed by atoms with van der Waals surface area (Å²) in [5.74, 6) is -0.108. The first-order valence-electron chi connectivity index (χ1n) is 11.8. The first-order chi connectivity index (χ1) is 17.2. The summed E-state index contributed by atoms with van der Waals surface area (Å²) in [7, 11) is 0. The zero-order valence-corrected chi connectivity index (χ0v) is 21.7. The number of halogens is 6. The third-order valence-corrected chi connectivity index (χ3v) is 7.41. The number of nitrogens with zero attached hydrogens (tertiary/aromatic N) is 5. The second-order valence-corrected chi connectivity index (χ2v) is 9.86. The van der Waals surface area contributed by atoms with Gasteiger partial charge in [-0.25, -0.2) is 9.37 Å². The van der Waals surface area contributed by atoms with E-state index < -0.39 is 17.6 Å². The minimum Gasteiger partial charge on any atom is -0.395 e. The van der Waals surface area contributed by atoms with Crippen LogP contribution in [0, 0.1) is 5.82 Å². The lowest BCUT2D eigenvalue weighted by atomic mass is 9.95. The smallest absolute Gasteiger partial charge is 0.395 e. The molecular weight excluding hydrogens is 547 g/mol. The van der Waals surface area contributed by atoms with Crippen molar-refractivity contribution in [3.63, 3.8) is 0 Å². The maximum absolute atomic E-state index is 14.7. The third kappa shape index (κ3) is 4.82. The molecule has 1 saturated heterocycles. The molecule has 0 amide bonds. The maximum atomic E-state index is 14.7. The minimum atomic E-state index is -4.49. The van der Waals surface area contributed by atoms with E-state index in [4.69, 9.17) is 5.73 Å². The fourth-order valence-corrected chi connectivity index (χ4v) is 5.24. The fourth-order valence-electron chi connectivity index (χ4n) is 5.24. The summed E-state index contributed by atoms with van der Waals surface area (Å²) in [6.45, 7) is 0.283. The number of pyridine rings is 2. The Kier molecular flexibility index (Phi) is 7.63. The van der Waals surface area contributed by atoms with E-state index in [1.165, 1.54) is 33.7 Å². The summed E-state index contributed by atoms with van der Waals surface area (Å²) in [5.41, 5.74) is 7.08. The number of rotatable bonds is 5. The van der Waals surface area contributed by atoms with Gasteiger partial charge in [0.15, 0.2) is 11.5 Å². The van der Waals surface area contributed by atoms with Gasteiger partial charge in [0.1, 0.15) is 17.6 Å². The van der Waals surface area contributed by atoms with E-state index in [1.54, 1.807) is 18.2 Å². The van der Waals surface area contributed by atoms with E-state index >= 15 is 0 Å². The average Bonchev–Trinajstić information content (AvgIpc) is 3.34. The molecule has 7 nitrogen and oxygen atoms in total. The van der Waals surface area contributed by atoms with Crippen LogP contribution < -0.4 is 5.73 Å². The van der Waals surface area contributed by atoms with Crippen LogP contribution in [0.3, 0.4) is 0 Å². The molecule has 1 saturated carbocycles. The Morgan fingerprint density at radius 2 is 1.87 bits per heavy atom. The van der Waals surface area contributed by atoms with E-state index in [1.807, 2.05) is 0 Å². The van der Waals surface area contributed by atoms with E-state index in [9.17, 15) is 22.7 Å². The van der Waals surface area contributed by atoms with Crippen molar-refractivity contribution in [2.75, 3.05) is 19.7 Å². The summed E-state index contributed by atoms with van der Waals surface area (Å²) < 4.78 is 58.6. The van der Waals surface area contributed by atoms with Gasteiger partial charge >= 0.3 is 6.18 Å². The SMILES string of the molecule is Cl.Cl.N[C@H]1CCN([C@H](c2ccc3nnc(-c4ccc5cc(F)c(C6(CO)CC6)cc5n4)n3c2)C(F)(F)F)C1. The van der Waals surface area contributed by atoms with Crippen LogP contribution in [0.5, 0.6) is 0 Å². The molecule has 0 bridgehead atoms. The molecule has 3 aromatic heterocycles. The van der Waals surface area contributed by atoms with Crippen LogP contribution in [-0.4, -0.2) is 61.5 Å². The Labute approximate surface area is 227 Å².